The van der Waals surface area contributed by atoms with E-state index in [1.54, 1.807) is 24.3 Å². The molecule has 2 aromatic carbocycles. The molecule has 0 spiro atoms. The number of hydrogen-bond acceptors (Lipinski definition) is 6. The summed E-state index contributed by atoms with van der Waals surface area (Å²) in [5, 5.41) is 14.7. The van der Waals surface area contributed by atoms with Gasteiger partial charge in [-0.2, -0.15) is 5.26 Å². The molecule has 0 fully saturated rings. The monoisotopic (exact) mass is 373 g/mol. The Morgan fingerprint density at radius 2 is 1.79 bits per heavy atom. The summed E-state index contributed by atoms with van der Waals surface area (Å²) < 4.78 is 5.60. The maximum atomic E-state index is 12.3. The first-order chi connectivity index (χ1) is 13.5. The van der Waals surface area contributed by atoms with Gasteiger partial charge >= 0.3 is 0 Å². The van der Waals surface area contributed by atoms with Crippen LogP contribution in [0.4, 0.5) is 17.3 Å². The molecule has 0 aliphatic carbocycles. The van der Waals surface area contributed by atoms with Crippen LogP contribution in [0.3, 0.4) is 0 Å². The van der Waals surface area contributed by atoms with E-state index in [2.05, 4.69) is 20.6 Å². The van der Waals surface area contributed by atoms with Crippen LogP contribution in [0, 0.1) is 11.3 Å². The molecule has 1 aromatic heterocycles. The molecule has 0 aliphatic heterocycles. The van der Waals surface area contributed by atoms with Gasteiger partial charge in [-0.05, 0) is 56.3 Å². The van der Waals surface area contributed by atoms with Crippen molar-refractivity contribution in [2.75, 3.05) is 10.6 Å². The summed E-state index contributed by atoms with van der Waals surface area (Å²) in [6.45, 7) is 3.94. The minimum Gasteiger partial charge on any atom is -0.491 e. The molecular weight excluding hydrogens is 354 g/mol. The highest BCUT2D eigenvalue weighted by atomic mass is 16.5. The van der Waals surface area contributed by atoms with Crippen molar-refractivity contribution in [1.82, 2.24) is 9.97 Å². The molecule has 2 N–H and O–H groups in total. The third-order valence-corrected chi connectivity index (χ3v) is 3.65. The van der Waals surface area contributed by atoms with E-state index in [0.717, 1.165) is 11.4 Å². The third-order valence-electron chi connectivity index (χ3n) is 3.65. The fourth-order valence-corrected chi connectivity index (χ4v) is 2.40. The highest BCUT2D eigenvalue weighted by Gasteiger charge is 2.08. The Morgan fingerprint density at radius 1 is 1.07 bits per heavy atom. The number of carbonyl (C=O) groups excluding carboxylic acids is 1. The number of aromatic nitrogens is 2. The highest BCUT2D eigenvalue weighted by Crippen LogP contribution is 2.19. The lowest BCUT2D eigenvalue weighted by Crippen LogP contribution is -2.13. The Labute approximate surface area is 163 Å². The van der Waals surface area contributed by atoms with E-state index in [9.17, 15) is 4.79 Å². The Morgan fingerprint density at radius 3 is 2.43 bits per heavy atom. The van der Waals surface area contributed by atoms with Gasteiger partial charge in [-0.15, -0.1) is 0 Å². The van der Waals surface area contributed by atoms with Crippen LogP contribution < -0.4 is 15.4 Å². The number of anilines is 3. The summed E-state index contributed by atoms with van der Waals surface area (Å²) >= 11 is 0. The molecule has 7 heteroatoms. The number of carbonyl (C=O) groups is 1. The van der Waals surface area contributed by atoms with Gasteiger partial charge in [0.1, 0.15) is 5.75 Å². The van der Waals surface area contributed by atoms with E-state index >= 15 is 0 Å². The zero-order chi connectivity index (χ0) is 19.9. The molecule has 140 valence electrons. The average Bonchev–Trinajstić information content (AvgIpc) is 2.70. The molecule has 0 radical (unpaired) electrons. The lowest BCUT2D eigenvalue weighted by Gasteiger charge is -2.10. The second kappa shape index (κ2) is 8.64. The fourth-order valence-electron chi connectivity index (χ4n) is 2.40. The predicted molar refractivity (Wildman–Crippen MR) is 107 cm³/mol. The molecule has 0 unspecified atom stereocenters. The van der Waals surface area contributed by atoms with E-state index < -0.39 is 0 Å². The fraction of sp³-hybridized carbons (Fsp3) is 0.143. The minimum absolute atomic E-state index is 0.114. The maximum Gasteiger partial charge on any atom is 0.258 e. The third kappa shape index (κ3) is 5.05. The van der Waals surface area contributed by atoms with E-state index in [1.165, 1.54) is 12.4 Å². The summed E-state index contributed by atoms with van der Waals surface area (Å²) in [6, 6.07) is 16.2. The van der Waals surface area contributed by atoms with Gasteiger partial charge in [0, 0.05) is 23.8 Å². The van der Waals surface area contributed by atoms with E-state index in [0.29, 0.717) is 22.8 Å². The topological polar surface area (TPSA) is 99.9 Å². The van der Waals surface area contributed by atoms with Gasteiger partial charge in [-0.1, -0.05) is 6.07 Å². The molecule has 0 aliphatic rings. The summed E-state index contributed by atoms with van der Waals surface area (Å²) in [5.74, 6) is 0.811. The lowest BCUT2D eigenvalue weighted by atomic mass is 10.2. The molecular formula is C21H19N5O2. The van der Waals surface area contributed by atoms with Crippen molar-refractivity contribution in [1.29, 1.82) is 5.26 Å². The first kappa shape index (κ1) is 18.9. The van der Waals surface area contributed by atoms with Crippen molar-refractivity contribution >= 4 is 23.2 Å². The van der Waals surface area contributed by atoms with Crippen LogP contribution in [0.1, 0.15) is 29.8 Å². The molecule has 3 rings (SSSR count). The van der Waals surface area contributed by atoms with E-state index in [1.807, 2.05) is 44.2 Å². The number of ether oxygens (including phenoxy) is 1. The number of rotatable bonds is 6. The number of hydrogen-bond donors (Lipinski definition) is 2. The minimum atomic E-state index is -0.350. The van der Waals surface area contributed by atoms with Gasteiger partial charge < -0.3 is 15.4 Å². The summed E-state index contributed by atoms with van der Waals surface area (Å²) in [7, 11) is 0. The number of amides is 1. The van der Waals surface area contributed by atoms with Crippen molar-refractivity contribution in [2.24, 2.45) is 0 Å². The predicted octanol–water partition coefficient (Wildman–Crippen LogP) is 4.13. The molecule has 0 bridgehead atoms. The van der Waals surface area contributed by atoms with Crippen molar-refractivity contribution in [3.8, 4) is 11.8 Å². The Balaban J connectivity index is 1.62. The molecule has 0 saturated heterocycles. The van der Waals surface area contributed by atoms with E-state index in [-0.39, 0.29) is 12.0 Å². The van der Waals surface area contributed by atoms with Crippen LogP contribution in [0.5, 0.6) is 5.75 Å². The zero-order valence-corrected chi connectivity index (χ0v) is 15.5. The van der Waals surface area contributed by atoms with Gasteiger partial charge in [0.25, 0.3) is 5.91 Å². The van der Waals surface area contributed by atoms with Gasteiger partial charge in [-0.3, -0.25) is 4.79 Å². The van der Waals surface area contributed by atoms with Gasteiger partial charge in [0.2, 0.25) is 5.95 Å². The number of nitriles is 1. The van der Waals surface area contributed by atoms with Gasteiger partial charge in [-0.25, -0.2) is 9.97 Å². The Hall–Kier alpha value is -3.92. The van der Waals surface area contributed by atoms with E-state index in [4.69, 9.17) is 10.00 Å². The molecule has 0 atom stereocenters. The van der Waals surface area contributed by atoms with Crippen molar-refractivity contribution in [3.63, 3.8) is 0 Å². The molecule has 28 heavy (non-hydrogen) atoms. The zero-order valence-electron chi connectivity index (χ0n) is 15.5. The number of nitrogens with zero attached hydrogens (tertiary/aromatic N) is 3. The largest absolute Gasteiger partial charge is 0.491 e. The highest BCUT2D eigenvalue weighted by molar-refractivity contribution is 6.04. The van der Waals surface area contributed by atoms with Crippen molar-refractivity contribution in [3.05, 3.63) is 72.1 Å². The maximum absolute atomic E-state index is 12.3. The molecule has 1 heterocycles. The summed E-state index contributed by atoms with van der Waals surface area (Å²) in [6.07, 6.45) is 2.99. The Kier molecular flexibility index (Phi) is 5.82. The molecule has 3 aromatic rings. The second-order valence-electron chi connectivity index (χ2n) is 6.26. The lowest BCUT2D eigenvalue weighted by molar-refractivity contribution is 0.102. The summed E-state index contributed by atoms with van der Waals surface area (Å²) in [5.41, 5.74) is 2.13. The van der Waals surface area contributed by atoms with Crippen LogP contribution in [-0.2, 0) is 0 Å². The molecule has 1 amide bonds. The average molecular weight is 373 g/mol. The van der Waals surface area contributed by atoms with Crippen LogP contribution in [0.2, 0.25) is 0 Å². The molecule has 7 nitrogen and oxygen atoms in total. The summed E-state index contributed by atoms with van der Waals surface area (Å²) in [4.78, 5) is 20.6. The van der Waals surface area contributed by atoms with Crippen molar-refractivity contribution < 1.29 is 9.53 Å². The normalized spacial score (nSPS) is 10.2. The van der Waals surface area contributed by atoms with Crippen LogP contribution >= 0.6 is 0 Å². The quantitative estimate of drug-likeness (QED) is 0.674. The van der Waals surface area contributed by atoms with Gasteiger partial charge in [0.05, 0.1) is 23.3 Å². The standard InChI is InChI=1S/C21H19N5O2/c1-14(2)28-19-8-6-17(7-9-19)26-21-23-12-16(13-24-21)20(27)25-18-5-3-4-15(10-18)11-22/h3-10,12-14H,1-2H3,(H,25,27)(H,23,24,26). The Bertz CT molecular complexity index is 993. The van der Waals surface area contributed by atoms with Crippen LogP contribution in [0.25, 0.3) is 0 Å². The molecule has 0 saturated carbocycles. The van der Waals surface area contributed by atoms with Crippen LogP contribution in [0.15, 0.2) is 60.9 Å². The smallest absolute Gasteiger partial charge is 0.258 e. The van der Waals surface area contributed by atoms with Crippen molar-refractivity contribution in [2.45, 2.75) is 20.0 Å². The number of benzene rings is 2. The second-order valence-corrected chi connectivity index (χ2v) is 6.26. The first-order valence-corrected chi connectivity index (χ1v) is 8.71. The van der Waals surface area contributed by atoms with Crippen LogP contribution in [-0.4, -0.2) is 22.0 Å². The number of nitrogens with one attached hydrogen (secondary N) is 2. The SMILES string of the molecule is CC(C)Oc1ccc(Nc2ncc(C(=O)Nc3cccc(C#N)c3)cn2)cc1. The first-order valence-electron chi connectivity index (χ1n) is 8.71. The van der Waals surface area contributed by atoms with Gasteiger partial charge in [0.15, 0.2) is 0 Å².